The van der Waals surface area contributed by atoms with Crippen LogP contribution in [-0.4, -0.2) is 18.0 Å². The van der Waals surface area contributed by atoms with Crippen molar-refractivity contribution in [2.24, 2.45) is 0 Å². The average molecular weight is 588 g/mol. The summed E-state index contributed by atoms with van der Waals surface area (Å²) in [5, 5.41) is 0. The van der Waals surface area contributed by atoms with Gasteiger partial charge in [-0.25, -0.2) is 35.1 Å². The standard InChI is InChI=1S/C14H3F11.C6H10F5P/c1-2-3(4-7(16)11(20)13(22)12(21)8(4)17)5(14(23,24)25)9(18)10(19)6(2)15;1-2-3-4-12-6(10,11)5(7,8)9/h1H3;12H,2-4H2,1H3. The first-order valence-corrected chi connectivity index (χ1v) is 10.8. The summed E-state index contributed by atoms with van der Waals surface area (Å²) in [5.74, 6) is -21.2. The summed E-state index contributed by atoms with van der Waals surface area (Å²) >= 11 is 0. The molecule has 0 nitrogen and oxygen atoms in total. The Kier molecular flexibility index (Phi) is 10.3. The summed E-state index contributed by atoms with van der Waals surface area (Å²) in [5.41, 5.74) is -12.9. The largest absolute Gasteiger partial charge is 0.457 e. The minimum atomic E-state index is -5.83. The van der Waals surface area contributed by atoms with Crippen molar-refractivity contribution in [3.8, 4) is 11.1 Å². The van der Waals surface area contributed by atoms with Gasteiger partial charge in [0.2, 0.25) is 5.82 Å². The molecule has 0 radical (unpaired) electrons. The lowest BCUT2D eigenvalue weighted by Gasteiger charge is -2.19. The molecule has 1 unspecified atom stereocenters. The normalized spacial score (nSPS) is 12.8. The Hall–Kier alpha value is -2.25. The van der Waals surface area contributed by atoms with E-state index in [1.54, 1.807) is 6.92 Å². The summed E-state index contributed by atoms with van der Waals surface area (Å²) in [6.45, 7) is 2.11. The summed E-state index contributed by atoms with van der Waals surface area (Å²) in [6.07, 6.45) is -10.2. The van der Waals surface area contributed by atoms with Crippen molar-refractivity contribution < 1.29 is 70.2 Å². The maximum Gasteiger partial charge on any atom is 0.457 e. The van der Waals surface area contributed by atoms with Crippen LogP contribution in [0.3, 0.4) is 0 Å². The Morgan fingerprint density at radius 2 is 0.973 bits per heavy atom. The Labute approximate surface area is 199 Å². The lowest BCUT2D eigenvalue weighted by atomic mass is 9.92. The van der Waals surface area contributed by atoms with Crippen LogP contribution in [0.4, 0.5) is 70.2 Å². The van der Waals surface area contributed by atoms with Gasteiger partial charge in [-0.1, -0.05) is 13.3 Å². The first-order chi connectivity index (χ1) is 16.6. The van der Waals surface area contributed by atoms with E-state index in [4.69, 9.17) is 0 Å². The number of halogens is 16. The van der Waals surface area contributed by atoms with E-state index in [1.165, 1.54) is 0 Å². The molecule has 210 valence electrons. The minimum Gasteiger partial charge on any atom is -0.203 e. The van der Waals surface area contributed by atoms with Crippen LogP contribution in [0.1, 0.15) is 30.9 Å². The molecule has 0 saturated heterocycles. The maximum absolute atomic E-state index is 13.8. The minimum absolute atomic E-state index is 0.0526. The topological polar surface area (TPSA) is 0 Å². The average Bonchev–Trinajstić information content (AvgIpc) is 2.77. The zero-order valence-corrected chi connectivity index (χ0v) is 19.2. The van der Waals surface area contributed by atoms with Gasteiger partial charge < -0.3 is 0 Å². The molecule has 0 aromatic heterocycles. The van der Waals surface area contributed by atoms with Crippen molar-refractivity contribution >= 4 is 8.58 Å². The molecule has 17 heteroatoms. The number of alkyl halides is 8. The molecule has 0 bridgehead atoms. The van der Waals surface area contributed by atoms with Crippen molar-refractivity contribution in [1.82, 2.24) is 0 Å². The van der Waals surface area contributed by atoms with Crippen molar-refractivity contribution in [3.63, 3.8) is 0 Å². The van der Waals surface area contributed by atoms with Crippen molar-refractivity contribution in [1.29, 1.82) is 0 Å². The molecule has 1 atom stereocenters. The highest BCUT2D eigenvalue weighted by atomic mass is 31.1. The van der Waals surface area contributed by atoms with Gasteiger partial charge >= 0.3 is 18.0 Å². The molecule has 0 aliphatic carbocycles. The number of rotatable bonds is 5. The molecule has 2 aromatic carbocycles. The molecule has 0 aliphatic rings. The zero-order valence-electron chi connectivity index (χ0n) is 18.2. The molecule has 0 amide bonds. The van der Waals surface area contributed by atoms with E-state index in [2.05, 4.69) is 0 Å². The highest BCUT2D eigenvalue weighted by Gasteiger charge is 2.56. The van der Waals surface area contributed by atoms with E-state index in [-0.39, 0.29) is 6.16 Å². The van der Waals surface area contributed by atoms with Gasteiger partial charge in [0.1, 0.15) is 5.56 Å². The van der Waals surface area contributed by atoms with Crippen LogP contribution in [0.25, 0.3) is 11.1 Å². The first kappa shape index (κ1) is 32.8. The van der Waals surface area contributed by atoms with Gasteiger partial charge in [0, 0.05) is 5.56 Å². The number of hydrogen-bond donors (Lipinski definition) is 0. The van der Waals surface area contributed by atoms with Crippen LogP contribution in [0.5, 0.6) is 0 Å². The van der Waals surface area contributed by atoms with Crippen LogP contribution < -0.4 is 0 Å². The van der Waals surface area contributed by atoms with Crippen LogP contribution in [0.15, 0.2) is 0 Å². The van der Waals surface area contributed by atoms with E-state index in [0.717, 1.165) is 0 Å². The molecule has 2 rings (SSSR count). The van der Waals surface area contributed by atoms with Gasteiger partial charge in [0.25, 0.3) is 0 Å². The van der Waals surface area contributed by atoms with Crippen LogP contribution >= 0.6 is 8.58 Å². The molecule has 0 spiro atoms. The summed E-state index contributed by atoms with van der Waals surface area (Å²) in [7, 11) is -1.34. The Bertz CT molecular complexity index is 1100. The van der Waals surface area contributed by atoms with E-state index in [0.29, 0.717) is 19.8 Å². The molecular weight excluding hydrogens is 575 g/mol. The van der Waals surface area contributed by atoms with Gasteiger partial charge in [-0.05, 0) is 33.7 Å². The molecule has 0 fully saturated rings. The predicted molar refractivity (Wildman–Crippen MR) is 100 cm³/mol. The second kappa shape index (κ2) is 11.6. The highest BCUT2D eigenvalue weighted by Crippen LogP contribution is 2.48. The van der Waals surface area contributed by atoms with Crippen LogP contribution in [0.2, 0.25) is 0 Å². The molecule has 0 N–H and O–H groups in total. The van der Waals surface area contributed by atoms with Crippen LogP contribution in [0, 0.1) is 53.5 Å². The van der Waals surface area contributed by atoms with Gasteiger partial charge in [-0.15, -0.1) is 0 Å². The molecule has 0 heterocycles. The smallest absolute Gasteiger partial charge is 0.203 e. The fraction of sp³-hybridized carbons (Fsp3) is 0.400. The number of unbranched alkanes of at least 4 members (excludes halogenated alkanes) is 1. The van der Waals surface area contributed by atoms with Crippen molar-refractivity contribution in [2.45, 2.75) is 44.7 Å². The second-order valence-electron chi connectivity index (χ2n) is 7.11. The number of hydrogen-bond acceptors (Lipinski definition) is 0. The van der Waals surface area contributed by atoms with E-state index in [1.807, 2.05) is 0 Å². The number of benzene rings is 2. The van der Waals surface area contributed by atoms with Gasteiger partial charge in [-0.3, -0.25) is 0 Å². The van der Waals surface area contributed by atoms with E-state index < -0.39 is 95.4 Å². The fourth-order valence-corrected chi connectivity index (χ4v) is 3.75. The lowest BCUT2D eigenvalue weighted by Crippen LogP contribution is -2.31. The van der Waals surface area contributed by atoms with Gasteiger partial charge in [0.05, 0.1) is 5.56 Å². The monoisotopic (exact) mass is 588 g/mol. The highest BCUT2D eigenvalue weighted by molar-refractivity contribution is 7.39. The molecule has 37 heavy (non-hydrogen) atoms. The molecular formula is C20H13F16P. The molecule has 2 aromatic rings. The van der Waals surface area contributed by atoms with Crippen LogP contribution in [-0.2, 0) is 6.18 Å². The third-order valence-corrected chi connectivity index (χ3v) is 5.87. The SMILES string of the molecule is CCCCPC(F)(F)C(F)(F)F.Cc1c(F)c(F)c(F)c(C(F)(F)F)c1-c1c(F)c(F)c(F)c(F)c1F. The van der Waals surface area contributed by atoms with Gasteiger partial charge in [0.15, 0.2) is 40.7 Å². The molecule has 0 aliphatic heterocycles. The summed E-state index contributed by atoms with van der Waals surface area (Å²) < 4.78 is 205. The van der Waals surface area contributed by atoms with Crippen molar-refractivity contribution in [2.75, 3.05) is 6.16 Å². The van der Waals surface area contributed by atoms with Gasteiger partial charge in [-0.2, -0.15) is 35.1 Å². The third-order valence-electron chi connectivity index (χ3n) is 4.54. The van der Waals surface area contributed by atoms with Crippen molar-refractivity contribution in [3.05, 3.63) is 57.7 Å². The lowest BCUT2D eigenvalue weighted by molar-refractivity contribution is -0.239. The summed E-state index contributed by atoms with van der Waals surface area (Å²) in [4.78, 5) is 0. The Morgan fingerprint density at radius 1 is 0.568 bits per heavy atom. The Morgan fingerprint density at radius 3 is 1.35 bits per heavy atom. The molecule has 0 saturated carbocycles. The zero-order chi connectivity index (χ0) is 29.3. The summed E-state index contributed by atoms with van der Waals surface area (Å²) in [6, 6.07) is 0. The Balaban J connectivity index is 0.000000482. The second-order valence-corrected chi connectivity index (χ2v) is 8.59. The maximum atomic E-state index is 13.8. The van der Waals surface area contributed by atoms with E-state index in [9.17, 15) is 70.2 Å². The fourth-order valence-electron chi connectivity index (χ4n) is 2.70. The first-order valence-electron chi connectivity index (χ1n) is 9.58. The third kappa shape index (κ3) is 6.80. The predicted octanol–water partition coefficient (Wildman–Crippen LogP) is 9.41. The quantitative estimate of drug-likeness (QED) is 0.107. The van der Waals surface area contributed by atoms with E-state index >= 15 is 0 Å².